The number of unbranched alkanes of at least 4 members (excludes halogenated alkanes) is 1. The number of rotatable bonds is 8. The van der Waals surface area contributed by atoms with Crippen LogP contribution >= 0.6 is 0 Å². The first-order valence-corrected chi connectivity index (χ1v) is 8.60. The molecule has 1 heterocycles. The average Bonchev–Trinajstić information content (AvgIpc) is 3.00. The molecule has 0 bridgehead atoms. The summed E-state index contributed by atoms with van der Waals surface area (Å²) in [4.78, 5) is 17.4. The van der Waals surface area contributed by atoms with Crippen molar-refractivity contribution >= 4 is 16.1 Å². The summed E-state index contributed by atoms with van der Waals surface area (Å²) in [6, 6.07) is -0.437. The molecular formula is C13H23N5O3S. The number of carbonyl (C=O) groups is 1. The van der Waals surface area contributed by atoms with Crippen molar-refractivity contribution in [2.75, 3.05) is 26.7 Å². The predicted molar refractivity (Wildman–Crippen MR) is 83.0 cm³/mol. The maximum atomic E-state index is 12.3. The number of hydrogen-bond acceptors (Lipinski definition) is 5. The molecule has 0 saturated carbocycles. The molecule has 0 spiro atoms. The Balaban J connectivity index is 2.95. The van der Waals surface area contributed by atoms with Gasteiger partial charge in [0.25, 0.3) is 15.2 Å². The first-order valence-electron chi connectivity index (χ1n) is 7.16. The zero-order valence-corrected chi connectivity index (χ0v) is 14.1. The molecule has 1 amide bonds. The van der Waals surface area contributed by atoms with E-state index in [1.807, 2.05) is 13.8 Å². The topological polar surface area (TPSA) is 88.4 Å². The van der Waals surface area contributed by atoms with E-state index in [2.05, 4.69) is 16.7 Å². The van der Waals surface area contributed by atoms with Gasteiger partial charge in [-0.15, -0.1) is 11.7 Å². The van der Waals surface area contributed by atoms with Crippen molar-refractivity contribution < 1.29 is 13.2 Å². The molecule has 0 radical (unpaired) electrons. The third kappa shape index (κ3) is 4.14. The molecule has 9 heteroatoms. The SMILES string of the molecule is C=CCN(CC)C(=O)n1cnc(S(=O)(=O)N(C)CCCC)n1. The van der Waals surface area contributed by atoms with Gasteiger partial charge in [0.15, 0.2) is 0 Å². The van der Waals surface area contributed by atoms with Crippen molar-refractivity contribution in [1.29, 1.82) is 0 Å². The lowest BCUT2D eigenvalue weighted by Gasteiger charge is -2.17. The van der Waals surface area contributed by atoms with E-state index in [1.165, 1.54) is 16.3 Å². The van der Waals surface area contributed by atoms with E-state index in [0.717, 1.165) is 23.9 Å². The van der Waals surface area contributed by atoms with E-state index in [9.17, 15) is 13.2 Å². The van der Waals surface area contributed by atoms with Gasteiger partial charge >= 0.3 is 6.03 Å². The van der Waals surface area contributed by atoms with Gasteiger partial charge in [0.05, 0.1) is 0 Å². The maximum Gasteiger partial charge on any atom is 0.346 e. The second-order valence-corrected chi connectivity index (χ2v) is 6.70. The van der Waals surface area contributed by atoms with Crippen molar-refractivity contribution in [2.24, 2.45) is 0 Å². The number of sulfonamides is 1. The van der Waals surface area contributed by atoms with E-state index < -0.39 is 16.1 Å². The molecule has 0 aliphatic heterocycles. The van der Waals surface area contributed by atoms with Crippen LogP contribution in [0, 0.1) is 0 Å². The molecular weight excluding hydrogens is 306 g/mol. The highest BCUT2D eigenvalue weighted by Crippen LogP contribution is 2.10. The second-order valence-electron chi connectivity index (χ2n) is 4.76. The van der Waals surface area contributed by atoms with Gasteiger partial charge in [0, 0.05) is 26.7 Å². The lowest BCUT2D eigenvalue weighted by atomic mass is 10.3. The number of amides is 1. The summed E-state index contributed by atoms with van der Waals surface area (Å²) in [7, 11) is -2.29. The van der Waals surface area contributed by atoms with Gasteiger partial charge in [-0.1, -0.05) is 19.4 Å². The monoisotopic (exact) mass is 329 g/mol. The summed E-state index contributed by atoms with van der Waals surface area (Å²) in [5, 5.41) is 3.45. The highest BCUT2D eigenvalue weighted by molar-refractivity contribution is 7.88. The van der Waals surface area contributed by atoms with Crippen LogP contribution in [0.25, 0.3) is 0 Å². The number of likely N-dealkylation sites (N-methyl/N-ethyl adjacent to an activating group) is 1. The number of hydrogen-bond donors (Lipinski definition) is 0. The van der Waals surface area contributed by atoms with Gasteiger partial charge in [-0.05, 0) is 13.3 Å². The molecule has 1 aromatic rings. The van der Waals surface area contributed by atoms with E-state index in [4.69, 9.17) is 0 Å². The lowest BCUT2D eigenvalue weighted by Crippen LogP contribution is -2.35. The van der Waals surface area contributed by atoms with E-state index in [1.54, 1.807) is 6.08 Å². The average molecular weight is 329 g/mol. The van der Waals surface area contributed by atoms with E-state index >= 15 is 0 Å². The van der Waals surface area contributed by atoms with Gasteiger partial charge in [-0.2, -0.15) is 8.99 Å². The highest BCUT2D eigenvalue weighted by Gasteiger charge is 2.26. The minimum Gasteiger partial charge on any atom is -0.319 e. The largest absolute Gasteiger partial charge is 0.346 e. The number of aromatic nitrogens is 3. The molecule has 124 valence electrons. The Morgan fingerprint density at radius 2 is 2.14 bits per heavy atom. The van der Waals surface area contributed by atoms with Gasteiger partial charge in [0.2, 0.25) is 0 Å². The van der Waals surface area contributed by atoms with Crippen molar-refractivity contribution in [2.45, 2.75) is 31.8 Å². The lowest BCUT2D eigenvalue weighted by molar-refractivity contribution is 0.204. The minimum absolute atomic E-state index is 0.355. The van der Waals surface area contributed by atoms with Crippen LogP contribution in [0.15, 0.2) is 24.1 Å². The van der Waals surface area contributed by atoms with Crippen LogP contribution in [-0.4, -0.2) is 65.1 Å². The molecule has 0 saturated heterocycles. The Kier molecular flexibility index (Phi) is 6.69. The van der Waals surface area contributed by atoms with Gasteiger partial charge in [-0.3, -0.25) is 0 Å². The van der Waals surface area contributed by atoms with Crippen molar-refractivity contribution in [3.8, 4) is 0 Å². The van der Waals surface area contributed by atoms with E-state index in [-0.39, 0.29) is 5.16 Å². The summed E-state index contributed by atoms with van der Waals surface area (Å²) >= 11 is 0. The summed E-state index contributed by atoms with van der Waals surface area (Å²) in [5.41, 5.74) is 0. The van der Waals surface area contributed by atoms with Crippen LogP contribution in [0.4, 0.5) is 4.79 Å². The highest BCUT2D eigenvalue weighted by atomic mass is 32.2. The molecule has 0 atom stereocenters. The van der Waals surface area contributed by atoms with Gasteiger partial charge in [-0.25, -0.2) is 18.2 Å². The van der Waals surface area contributed by atoms with Crippen LogP contribution in [0.2, 0.25) is 0 Å². The van der Waals surface area contributed by atoms with Crippen LogP contribution < -0.4 is 0 Å². The maximum absolute atomic E-state index is 12.3. The summed E-state index contributed by atoms with van der Waals surface area (Å²) in [6.07, 6.45) is 4.34. The van der Waals surface area contributed by atoms with Gasteiger partial charge < -0.3 is 4.90 Å². The molecule has 1 rings (SSSR count). The Hall–Kier alpha value is -1.74. The molecule has 0 unspecified atom stereocenters. The quantitative estimate of drug-likeness (QED) is 0.668. The molecule has 0 aliphatic carbocycles. The fourth-order valence-corrected chi connectivity index (χ4v) is 2.76. The van der Waals surface area contributed by atoms with Crippen LogP contribution in [0.5, 0.6) is 0 Å². The Labute approximate surface area is 131 Å². The van der Waals surface area contributed by atoms with Crippen LogP contribution in [-0.2, 0) is 10.0 Å². The van der Waals surface area contributed by atoms with E-state index in [0.29, 0.717) is 19.6 Å². The Morgan fingerprint density at radius 3 is 2.68 bits per heavy atom. The normalized spacial score (nSPS) is 11.6. The van der Waals surface area contributed by atoms with Crippen molar-refractivity contribution in [3.05, 3.63) is 19.0 Å². The predicted octanol–water partition coefficient (Wildman–Crippen LogP) is 1.17. The number of nitrogens with zero attached hydrogens (tertiary/aromatic N) is 5. The zero-order chi connectivity index (χ0) is 16.8. The molecule has 1 aromatic heterocycles. The molecule has 0 aromatic carbocycles. The van der Waals surface area contributed by atoms with Gasteiger partial charge in [0.1, 0.15) is 6.33 Å². The number of carbonyl (C=O) groups excluding carboxylic acids is 1. The summed E-state index contributed by atoms with van der Waals surface area (Å²) < 4.78 is 26.7. The van der Waals surface area contributed by atoms with Crippen LogP contribution in [0.3, 0.4) is 0 Å². The fourth-order valence-electron chi connectivity index (χ4n) is 1.74. The summed E-state index contributed by atoms with van der Waals surface area (Å²) in [5.74, 6) is 0. The smallest absolute Gasteiger partial charge is 0.319 e. The first kappa shape index (κ1) is 18.3. The minimum atomic E-state index is -3.77. The summed E-state index contributed by atoms with van der Waals surface area (Å²) in [6.45, 7) is 8.57. The molecule has 0 N–H and O–H groups in total. The molecule has 8 nitrogen and oxygen atoms in total. The van der Waals surface area contributed by atoms with Crippen molar-refractivity contribution in [3.63, 3.8) is 0 Å². The molecule has 0 fully saturated rings. The third-order valence-electron chi connectivity index (χ3n) is 3.14. The Bertz CT molecular complexity index is 611. The van der Waals surface area contributed by atoms with Crippen molar-refractivity contribution in [1.82, 2.24) is 24.0 Å². The zero-order valence-electron chi connectivity index (χ0n) is 13.3. The third-order valence-corrected chi connectivity index (χ3v) is 4.79. The Morgan fingerprint density at radius 1 is 1.45 bits per heavy atom. The second kappa shape index (κ2) is 8.04. The first-order chi connectivity index (χ1) is 10.4. The van der Waals surface area contributed by atoms with Crippen LogP contribution in [0.1, 0.15) is 26.7 Å². The standard InChI is InChI=1S/C13H23N5O3S/c1-5-8-10-16(4)22(20,21)12-14-11-18(15-12)13(19)17(7-3)9-6-2/h6,11H,2,5,7-10H2,1,3-4H3. The fraction of sp³-hybridized carbons (Fsp3) is 0.615. The molecule has 0 aliphatic rings. The molecule has 22 heavy (non-hydrogen) atoms.